The Kier molecular flexibility index (Phi) is 6.43. The molecule has 0 aromatic heterocycles. The van der Waals surface area contributed by atoms with Gasteiger partial charge in [0.1, 0.15) is 0 Å². The van der Waals surface area contributed by atoms with Crippen LogP contribution in [0.4, 0.5) is 0 Å². The van der Waals surface area contributed by atoms with Crippen molar-refractivity contribution in [3.05, 3.63) is 60.7 Å². The zero-order chi connectivity index (χ0) is 14.9. The number of rotatable bonds is 7. The van der Waals surface area contributed by atoms with Crippen LogP contribution in [-0.2, 0) is 9.53 Å². The highest BCUT2D eigenvalue weighted by Gasteiger charge is 2.15. The van der Waals surface area contributed by atoms with Gasteiger partial charge >= 0.3 is 5.97 Å². The second-order valence-corrected chi connectivity index (χ2v) is 7.13. The van der Waals surface area contributed by atoms with Crippen LogP contribution >= 0.6 is 7.92 Å². The molecule has 0 aliphatic heterocycles. The summed E-state index contributed by atoms with van der Waals surface area (Å²) in [7, 11) is -0.499. The molecule has 0 N–H and O–H groups in total. The second kappa shape index (κ2) is 8.59. The van der Waals surface area contributed by atoms with Gasteiger partial charge in [-0.2, -0.15) is 0 Å². The first-order valence-electron chi connectivity index (χ1n) is 7.34. The fourth-order valence-corrected chi connectivity index (χ4v) is 4.40. The van der Waals surface area contributed by atoms with Gasteiger partial charge in [0, 0.05) is 0 Å². The average molecular weight is 300 g/mol. The number of ether oxygens (including phenoxy) is 1. The smallest absolute Gasteiger partial charge is 0.306 e. The van der Waals surface area contributed by atoms with Gasteiger partial charge in [0.05, 0.1) is 13.0 Å². The van der Waals surface area contributed by atoms with E-state index in [1.807, 2.05) is 19.1 Å². The third-order valence-electron chi connectivity index (χ3n) is 3.14. The molecule has 0 radical (unpaired) electrons. The SMILES string of the molecule is CCCOC(=O)CCP(c1ccccc1)c1ccccc1. The minimum Gasteiger partial charge on any atom is -0.466 e. The highest BCUT2D eigenvalue weighted by atomic mass is 31.1. The van der Waals surface area contributed by atoms with E-state index >= 15 is 0 Å². The van der Waals surface area contributed by atoms with Crippen LogP contribution in [-0.4, -0.2) is 18.7 Å². The molecule has 0 spiro atoms. The molecule has 0 aliphatic carbocycles. The molecule has 2 aromatic rings. The summed E-state index contributed by atoms with van der Waals surface area (Å²) < 4.78 is 5.18. The average Bonchev–Trinajstić information content (AvgIpc) is 2.55. The molecule has 0 fully saturated rings. The molecule has 2 aromatic carbocycles. The van der Waals surface area contributed by atoms with Crippen LogP contribution in [0, 0.1) is 0 Å². The van der Waals surface area contributed by atoms with E-state index in [1.54, 1.807) is 0 Å². The summed E-state index contributed by atoms with van der Waals surface area (Å²) in [4.78, 5) is 11.8. The third-order valence-corrected chi connectivity index (χ3v) is 5.66. The summed E-state index contributed by atoms with van der Waals surface area (Å²) in [5, 5.41) is 2.61. The first-order valence-corrected chi connectivity index (χ1v) is 8.87. The fraction of sp³-hybridized carbons (Fsp3) is 0.278. The number of benzene rings is 2. The summed E-state index contributed by atoms with van der Waals surface area (Å²) in [6, 6.07) is 20.9. The molecule has 0 atom stereocenters. The van der Waals surface area contributed by atoms with Crippen molar-refractivity contribution in [2.24, 2.45) is 0 Å². The molecule has 0 saturated carbocycles. The van der Waals surface area contributed by atoms with Gasteiger partial charge in [-0.3, -0.25) is 4.79 Å². The maximum absolute atomic E-state index is 11.8. The van der Waals surface area contributed by atoms with Crippen molar-refractivity contribution >= 4 is 24.5 Å². The lowest BCUT2D eigenvalue weighted by Crippen LogP contribution is -2.16. The van der Waals surface area contributed by atoms with Crippen LogP contribution in [0.2, 0.25) is 0 Å². The van der Waals surface area contributed by atoms with E-state index in [0.29, 0.717) is 13.0 Å². The highest BCUT2D eigenvalue weighted by molar-refractivity contribution is 7.73. The van der Waals surface area contributed by atoms with Crippen molar-refractivity contribution in [3.8, 4) is 0 Å². The lowest BCUT2D eigenvalue weighted by Gasteiger charge is -2.18. The minimum atomic E-state index is -0.499. The predicted octanol–water partition coefficient (Wildman–Crippen LogP) is 3.46. The van der Waals surface area contributed by atoms with E-state index in [4.69, 9.17) is 4.74 Å². The number of esters is 1. The van der Waals surface area contributed by atoms with Crippen LogP contribution in [0.3, 0.4) is 0 Å². The van der Waals surface area contributed by atoms with Gasteiger partial charge in [-0.15, -0.1) is 0 Å². The third kappa shape index (κ3) is 4.99. The Morgan fingerprint density at radius 2 is 1.48 bits per heavy atom. The zero-order valence-corrected chi connectivity index (χ0v) is 13.3. The lowest BCUT2D eigenvalue weighted by atomic mass is 10.4. The van der Waals surface area contributed by atoms with E-state index in [9.17, 15) is 4.79 Å². The Hall–Kier alpha value is -1.66. The molecular weight excluding hydrogens is 279 g/mol. The highest BCUT2D eigenvalue weighted by Crippen LogP contribution is 2.34. The number of hydrogen-bond acceptors (Lipinski definition) is 2. The maximum Gasteiger partial charge on any atom is 0.306 e. The second-order valence-electron chi connectivity index (χ2n) is 4.79. The van der Waals surface area contributed by atoms with E-state index in [2.05, 4.69) is 48.5 Å². The summed E-state index contributed by atoms with van der Waals surface area (Å²) in [6.07, 6.45) is 2.19. The molecule has 21 heavy (non-hydrogen) atoms. The van der Waals surface area contributed by atoms with E-state index in [0.717, 1.165) is 12.6 Å². The first-order chi connectivity index (χ1) is 10.3. The Morgan fingerprint density at radius 3 is 1.95 bits per heavy atom. The molecule has 110 valence electrons. The minimum absolute atomic E-state index is 0.0868. The van der Waals surface area contributed by atoms with E-state index < -0.39 is 7.92 Å². The Balaban J connectivity index is 2.09. The fourth-order valence-electron chi connectivity index (χ4n) is 2.11. The van der Waals surface area contributed by atoms with Crippen LogP contribution in [0.25, 0.3) is 0 Å². The number of carbonyl (C=O) groups is 1. The van der Waals surface area contributed by atoms with Gasteiger partial charge in [-0.05, 0) is 31.1 Å². The van der Waals surface area contributed by atoms with Gasteiger partial charge in [0.25, 0.3) is 0 Å². The first kappa shape index (κ1) is 15.7. The lowest BCUT2D eigenvalue weighted by molar-refractivity contribution is -0.143. The largest absolute Gasteiger partial charge is 0.466 e. The standard InChI is InChI=1S/C18H21O2P/c1-2-14-20-18(19)13-15-21(16-9-5-3-6-10-16)17-11-7-4-8-12-17/h3-12H,2,13-15H2,1H3. The monoisotopic (exact) mass is 300 g/mol. The molecule has 0 heterocycles. The Bertz CT molecular complexity index is 500. The van der Waals surface area contributed by atoms with Gasteiger partial charge in [-0.1, -0.05) is 67.6 Å². The molecule has 2 nitrogen and oxygen atoms in total. The van der Waals surface area contributed by atoms with Crippen molar-refractivity contribution < 1.29 is 9.53 Å². The van der Waals surface area contributed by atoms with Crippen LogP contribution in [0.1, 0.15) is 19.8 Å². The Morgan fingerprint density at radius 1 is 0.952 bits per heavy atom. The van der Waals surface area contributed by atoms with Gasteiger partial charge in [0.2, 0.25) is 0 Å². The summed E-state index contributed by atoms with van der Waals surface area (Å²) in [5.74, 6) is -0.0868. The van der Waals surface area contributed by atoms with Gasteiger partial charge in [-0.25, -0.2) is 0 Å². The quantitative estimate of drug-likeness (QED) is 0.578. The molecule has 3 heteroatoms. The molecule has 2 rings (SSSR count). The predicted molar refractivity (Wildman–Crippen MR) is 89.8 cm³/mol. The van der Waals surface area contributed by atoms with Crippen LogP contribution in [0.5, 0.6) is 0 Å². The van der Waals surface area contributed by atoms with E-state index in [1.165, 1.54) is 10.6 Å². The molecule has 0 saturated heterocycles. The van der Waals surface area contributed by atoms with E-state index in [-0.39, 0.29) is 5.97 Å². The van der Waals surface area contributed by atoms with Crippen LogP contribution in [0.15, 0.2) is 60.7 Å². The molecule has 0 bridgehead atoms. The number of carbonyl (C=O) groups excluding carboxylic acids is 1. The topological polar surface area (TPSA) is 26.3 Å². The number of hydrogen-bond donors (Lipinski definition) is 0. The van der Waals surface area contributed by atoms with Crippen molar-refractivity contribution in [1.82, 2.24) is 0 Å². The molecular formula is C18H21O2P. The van der Waals surface area contributed by atoms with Gasteiger partial charge < -0.3 is 4.74 Å². The van der Waals surface area contributed by atoms with Crippen molar-refractivity contribution in [2.75, 3.05) is 12.8 Å². The summed E-state index contributed by atoms with van der Waals surface area (Å²) >= 11 is 0. The zero-order valence-electron chi connectivity index (χ0n) is 12.4. The molecule has 0 aliphatic rings. The van der Waals surface area contributed by atoms with Crippen molar-refractivity contribution in [1.29, 1.82) is 0 Å². The van der Waals surface area contributed by atoms with Crippen LogP contribution < -0.4 is 10.6 Å². The molecule has 0 amide bonds. The van der Waals surface area contributed by atoms with Crippen molar-refractivity contribution in [2.45, 2.75) is 19.8 Å². The maximum atomic E-state index is 11.8. The van der Waals surface area contributed by atoms with Gasteiger partial charge in [0.15, 0.2) is 0 Å². The Labute approximate surface area is 127 Å². The summed E-state index contributed by atoms with van der Waals surface area (Å²) in [6.45, 7) is 2.53. The normalized spacial score (nSPS) is 10.6. The molecule has 0 unspecified atom stereocenters. The summed E-state index contributed by atoms with van der Waals surface area (Å²) in [5.41, 5.74) is 0. The van der Waals surface area contributed by atoms with Crippen molar-refractivity contribution in [3.63, 3.8) is 0 Å².